The van der Waals surface area contributed by atoms with Gasteiger partial charge in [0.1, 0.15) is 11.4 Å². The third-order valence-electron chi connectivity index (χ3n) is 2.36. The Hall–Kier alpha value is -2.36. The summed E-state index contributed by atoms with van der Waals surface area (Å²) in [5.74, 6) is -0.262. The third kappa shape index (κ3) is 2.42. The molecule has 4 nitrogen and oxygen atoms in total. The van der Waals surface area contributed by atoms with Crippen molar-refractivity contribution in [3.8, 4) is 16.9 Å². The van der Waals surface area contributed by atoms with E-state index in [9.17, 15) is 9.90 Å². The molecule has 0 fully saturated rings. The van der Waals surface area contributed by atoms with Crippen LogP contribution in [0.4, 0.5) is 0 Å². The Balaban J connectivity index is 2.39. The minimum Gasteiger partial charge on any atom is -0.508 e. The van der Waals surface area contributed by atoms with Gasteiger partial charge in [0.2, 0.25) is 0 Å². The van der Waals surface area contributed by atoms with E-state index in [1.165, 1.54) is 7.11 Å². The molecule has 1 heterocycles. The molecule has 1 aromatic heterocycles. The molecule has 0 aliphatic heterocycles. The van der Waals surface area contributed by atoms with Gasteiger partial charge < -0.3 is 9.84 Å². The first-order valence-corrected chi connectivity index (χ1v) is 5.04. The first-order valence-electron chi connectivity index (χ1n) is 5.04. The van der Waals surface area contributed by atoms with Gasteiger partial charge in [0.05, 0.1) is 7.11 Å². The van der Waals surface area contributed by atoms with Gasteiger partial charge in [0, 0.05) is 6.20 Å². The largest absolute Gasteiger partial charge is 0.508 e. The van der Waals surface area contributed by atoms with Crippen LogP contribution in [-0.4, -0.2) is 23.2 Å². The van der Waals surface area contributed by atoms with Gasteiger partial charge in [-0.15, -0.1) is 0 Å². The first kappa shape index (κ1) is 11.1. The Morgan fingerprint density at radius 1 is 1.18 bits per heavy atom. The van der Waals surface area contributed by atoms with E-state index in [-0.39, 0.29) is 11.4 Å². The fraction of sp³-hybridized carbons (Fsp3) is 0.0769. The Kier molecular flexibility index (Phi) is 3.05. The number of pyridine rings is 1. The van der Waals surface area contributed by atoms with Crippen molar-refractivity contribution in [2.75, 3.05) is 7.11 Å². The molecule has 86 valence electrons. The Morgan fingerprint density at radius 2 is 1.88 bits per heavy atom. The van der Waals surface area contributed by atoms with E-state index in [4.69, 9.17) is 0 Å². The third-order valence-corrected chi connectivity index (χ3v) is 2.36. The molecule has 0 saturated heterocycles. The highest BCUT2D eigenvalue weighted by Gasteiger charge is 2.08. The summed E-state index contributed by atoms with van der Waals surface area (Å²) in [6.07, 6.45) is 1.55. The summed E-state index contributed by atoms with van der Waals surface area (Å²) >= 11 is 0. The zero-order chi connectivity index (χ0) is 12.3. The van der Waals surface area contributed by atoms with Crippen molar-refractivity contribution in [1.29, 1.82) is 0 Å². The topological polar surface area (TPSA) is 59.4 Å². The molecule has 2 aromatic rings. The Morgan fingerprint density at radius 3 is 2.53 bits per heavy atom. The SMILES string of the molecule is COC(=O)c1cc(-c2ccc(O)cc2)ccn1. The molecule has 1 N–H and O–H groups in total. The van der Waals surface area contributed by atoms with Gasteiger partial charge in [-0.2, -0.15) is 0 Å². The predicted molar refractivity (Wildman–Crippen MR) is 62.7 cm³/mol. The molecule has 0 atom stereocenters. The molecule has 0 saturated carbocycles. The van der Waals surface area contributed by atoms with Crippen molar-refractivity contribution in [2.45, 2.75) is 0 Å². The highest BCUT2D eigenvalue weighted by atomic mass is 16.5. The van der Waals surface area contributed by atoms with Crippen molar-refractivity contribution < 1.29 is 14.6 Å². The number of carbonyl (C=O) groups is 1. The van der Waals surface area contributed by atoms with Crippen LogP contribution in [0.3, 0.4) is 0 Å². The van der Waals surface area contributed by atoms with Gasteiger partial charge in [-0.05, 0) is 35.4 Å². The molecule has 1 aromatic carbocycles. The molecule has 0 aliphatic rings. The summed E-state index contributed by atoms with van der Waals surface area (Å²) in [4.78, 5) is 15.3. The number of methoxy groups -OCH3 is 1. The Labute approximate surface area is 98.5 Å². The first-order chi connectivity index (χ1) is 8.20. The van der Waals surface area contributed by atoms with E-state index in [1.54, 1.807) is 42.6 Å². The van der Waals surface area contributed by atoms with Crippen LogP contribution in [0.1, 0.15) is 10.5 Å². The van der Waals surface area contributed by atoms with Crippen LogP contribution >= 0.6 is 0 Å². The number of phenolic OH excluding ortho intramolecular Hbond substituents is 1. The van der Waals surface area contributed by atoms with E-state index in [1.807, 2.05) is 0 Å². The molecule has 4 heteroatoms. The number of phenols is 1. The number of carbonyl (C=O) groups excluding carboxylic acids is 1. The lowest BCUT2D eigenvalue weighted by molar-refractivity contribution is 0.0594. The molecular weight excluding hydrogens is 218 g/mol. The van der Waals surface area contributed by atoms with Gasteiger partial charge in [-0.25, -0.2) is 9.78 Å². The average Bonchev–Trinajstić information content (AvgIpc) is 2.39. The fourth-order valence-electron chi connectivity index (χ4n) is 1.48. The highest BCUT2D eigenvalue weighted by molar-refractivity contribution is 5.88. The lowest BCUT2D eigenvalue weighted by atomic mass is 10.1. The zero-order valence-electron chi connectivity index (χ0n) is 9.25. The maximum absolute atomic E-state index is 11.3. The molecule has 17 heavy (non-hydrogen) atoms. The monoisotopic (exact) mass is 229 g/mol. The Bertz CT molecular complexity index is 535. The summed E-state index contributed by atoms with van der Waals surface area (Å²) in [6.45, 7) is 0. The van der Waals surface area contributed by atoms with Gasteiger partial charge in [0.15, 0.2) is 0 Å². The van der Waals surface area contributed by atoms with Crippen molar-refractivity contribution in [3.05, 3.63) is 48.3 Å². The van der Waals surface area contributed by atoms with E-state index in [2.05, 4.69) is 9.72 Å². The lowest BCUT2D eigenvalue weighted by Gasteiger charge is -2.03. The van der Waals surface area contributed by atoms with Crippen LogP contribution in [0.5, 0.6) is 5.75 Å². The number of hydrogen-bond donors (Lipinski definition) is 1. The van der Waals surface area contributed by atoms with Crippen LogP contribution in [0, 0.1) is 0 Å². The molecule has 0 spiro atoms. The highest BCUT2D eigenvalue weighted by Crippen LogP contribution is 2.22. The normalized spacial score (nSPS) is 9.94. The summed E-state index contributed by atoms with van der Waals surface area (Å²) in [5.41, 5.74) is 2.01. The molecular formula is C13H11NO3. The zero-order valence-corrected chi connectivity index (χ0v) is 9.25. The lowest BCUT2D eigenvalue weighted by Crippen LogP contribution is -2.03. The molecule has 0 unspecified atom stereocenters. The predicted octanol–water partition coefficient (Wildman–Crippen LogP) is 2.24. The smallest absolute Gasteiger partial charge is 0.356 e. The number of aromatic nitrogens is 1. The molecule has 0 aliphatic carbocycles. The van der Waals surface area contributed by atoms with Gasteiger partial charge >= 0.3 is 5.97 Å². The maximum Gasteiger partial charge on any atom is 0.356 e. The van der Waals surface area contributed by atoms with Gasteiger partial charge in [0.25, 0.3) is 0 Å². The summed E-state index contributed by atoms with van der Waals surface area (Å²) in [5, 5.41) is 9.20. The fourth-order valence-corrected chi connectivity index (χ4v) is 1.48. The van der Waals surface area contributed by atoms with Crippen LogP contribution in [0.15, 0.2) is 42.6 Å². The summed E-state index contributed by atoms with van der Waals surface area (Å²) in [6, 6.07) is 10.2. The summed E-state index contributed by atoms with van der Waals surface area (Å²) < 4.78 is 4.60. The quantitative estimate of drug-likeness (QED) is 0.802. The average molecular weight is 229 g/mol. The van der Waals surface area contributed by atoms with Gasteiger partial charge in [-0.1, -0.05) is 12.1 Å². The maximum atomic E-state index is 11.3. The minimum absolute atomic E-state index is 0.205. The van der Waals surface area contributed by atoms with Crippen molar-refractivity contribution in [2.24, 2.45) is 0 Å². The van der Waals surface area contributed by atoms with Crippen molar-refractivity contribution >= 4 is 5.97 Å². The second kappa shape index (κ2) is 4.65. The van der Waals surface area contributed by atoms with Crippen LogP contribution in [-0.2, 0) is 4.74 Å². The van der Waals surface area contributed by atoms with Crippen LogP contribution in [0.25, 0.3) is 11.1 Å². The van der Waals surface area contributed by atoms with E-state index in [0.29, 0.717) is 0 Å². The minimum atomic E-state index is -0.467. The molecule has 2 rings (SSSR count). The standard InChI is InChI=1S/C13H11NO3/c1-17-13(16)12-8-10(6-7-14-12)9-2-4-11(15)5-3-9/h2-8,15H,1H3. The van der Waals surface area contributed by atoms with E-state index >= 15 is 0 Å². The number of nitrogens with zero attached hydrogens (tertiary/aromatic N) is 1. The number of benzene rings is 1. The van der Waals surface area contributed by atoms with E-state index in [0.717, 1.165) is 11.1 Å². The number of esters is 1. The second-order valence-corrected chi connectivity index (χ2v) is 3.47. The van der Waals surface area contributed by atoms with Gasteiger partial charge in [-0.3, -0.25) is 0 Å². The summed E-state index contributed by atoms with van der Waals surface area (Å²) in [7, 11) is 1.32. The number of hydrogen-bond acceptors (Lipinski definition) is 4. The second-order valence-electron chi connectivity index (χ2n) is 3.47. The molecule has 0 amide bonds. The number of rotatable bonds is 2. The van der Waals surface area contributed by atoms with Crippen molar-refractivity contribution in [3.63, 3.8) is 0 Å². The number of aromatic hydroxyl groups is 1. The molecule has 0 radical (unpaired) electrons. The number of ether oxygens (including phenoxy) is 1. The van der Waals surface area contributed by atoms with Crippen LogP contribution < -0.4 is 0 Å². The van der Waals surface area contributed by atoms with Crippen molar-refractivity contribution in [1.82, 2.24) is 4.98 Å². The molecule has 0 bridgehead atoms. The van der Waals surface area contributed by atoms with E-state index < -0.39 is 5.97 Å². The van der Waals surface area contributed by atoms with Crippen LogP contribution in [0.2, 0.25) is 0 Å².